The average Bonchev–Trinajstić information content (AvgIpc) is 3.25. The van der Waals surface area contributed by atoms with Crippen LogP contribution in [-0.4, -0.2) is 4.89 Å². The fraction of sp³-hybridized carbons (Fsp3) is 0.471. The molecule has 2 unspecified atom stereocenters. The highest BCUT2D eigenvalue weighted by Crippen LogP contribution is 2.56. The predicted molar refractivity (Wildman–Crippen MR) is 322 cm³/mol. The molecular formula is C68H90O5P2+2. The number of hydrogen-bond acceptors (Lipinski definition) is 4. The third-order valence-corrected chi connectivity index (χ3v) is 16.1. The molecular weight excluding hydrogens is 959 g/mol. The molecule has 7 heteroatoms. The van der Waals surface area contributed by atoms with Crippen molar-refractivity contribution in [3.63, 3.8) is 0 Å². The summed E-state index contributed by atoms with van der Waals surface area (Å²) < 4.78 is 34.7. The van der Waals surface area contributed by atoms with Gasteiger partial charge in [0.05, 0.1) is 0 Å². The molecule has 0 aliphatic rings. The van der Waals surface area contributed by atoms with Gasteiger partial charge in [0.15, 0.2) is 10.1 Å². The molecule has 0 radical (unpaired) electrons. The Balaban J connectivity index is 2.08. The Labute approximate surface area is 455 Å². The van der Waals surface area contributed by atoms with E-state index in [0.29, 0.717) is 0 Å². The molecule has 0 saturated heterocycles. The lowest BCUT2D eigenvalue weighted by atomic mass is 9.69. The van der Waals surface area contributed by atoms with E-state index in [1.807, 2.05) is 12.1 Å². The van der Waals surface area contributed by atoms with Crippen molar-refractivity contribution >= 4 is 16.5 Å². The normalized spacial score (nSPS) is 13.8. The van der Waals surface area contributed by atoms with Crippen molar-refractivity contribution in [2.24, 2.45) is 0 Å². The van der Waals surface area contributed by atoms with Crippen LogP contribution in [0.15, 0.2) is 103 Å². The molecule has 6 aromatic rings. The lowest BCUT2D eigenvalue weighted by Crippen LogP contribution is -2.20. The monoisotopic (exact) mass is 1050 g/mol. The summed E-state index contributed by atoms with van der Waals surface area (Å²) in [6.45, 7) is 55.6. The lowest BCUT2D eigenvalue weighted by molar-refractivity contribution is 0.374. The summed E-state index contributed by atoms with van der Waals surface area (Å²) in [6.07, 6.45) is 0. The summed E-state index contributed by atoms with van der Waals surface area (Å²) in [6, 6.07) is 38.9. The van der Waals surface area contributed by atoms with E-state index in [0.717, 1.165) is 44.5 Å². The van der Waals surface area contributed by atoms with Gasteiger partial charge in [0.1, 0.15) is 0 Å². The van der Waals surface area contributed by atoms with E-state index >= 15 is 0 Å². The second-order valence-electron chi connectivity index (χ2n) is 29.3. The molecule has 400 valence electrons. The highest BCUT2D eigenvalue weighted by atomic mass is 31.2. The van der Waals surface area contributed by atoms with Gasteiger partial charge in [-0.25, -0.2) is 4.52 Å². The van der Waals surface area contributed by atoms with E-state index in [2.05, 4.69) is 249 Å². The first-order chi connectivity index (χ1) is 34.0. The van der Waals surface area contributed by atoms with E-state index in [1.165, 1.54) is 55.6 Å². The molecule has 6 aromatic carbocycles. The van der Waals surface area contributed by atoms with E-state index in [1.54, 1.807) is 12.1 Å². The summed E-state index contributed by atoms with van der Waals surface area (Å²) in [5.41, 5.74) is 19.9. The molecule has 75 heavy (non-hydrogen) atoms. The van der Waals surface area contributed by atoms with Gasteiger partial charge < -0.3 is 0 Å². The van der Waals surface area contributed by atoms with Crippen molar-refractivity contribution in [1.29, 1.82) is 0 Å². The molecule has 0 spiro atoms. The van der Waals surface area contributed by atoms with Gasteiger partial charge in [-0.05, 0) is 162 Å². The van der Waals surface area contributed by atoms with Gasteiger partial charge >= 0.3 is 16.5 Å². The molecule has 5 nitrogen and oxygen atoms in total. The highest BCUT2D eigenvalue weighted by molar-refractivity contribution is 7.47. The van der Waals surface area contributed by atoms with Crippen LogP contribution in [-0.2, 0) is 56.8 Å². The van der Waals surface area contributed by atoms with Gasteiger partial charge in [-0.15, -0.1) is 4.89 Å². The predicted octanol–water partition coefficient (Wildman–Crippen LogP) is 21.1. The Morgan fingerprint density at radius 3 is 0.920 bits per heavy atom. The van der Waals surface area contributed by atoms with E-state index < -0.39 is 16.5 Å². The SMILES string of the molecule is CC(C)(C)c1ccc(-c2cc(-c3ccc(C(C)(C)C)cc3C(C)(C)C)c(-c3ccc(C(C)(C)C)cc3C(C)(C)C)c(-c3ccc(C(C)(C)C)cc3C(C)(C)C)c2-c2ccc(O[P+](=O)O[P+](=O)O)cc2)c(C(C)(C)C)c1. The average molecular weight is 1050 g/mol. The third-order valence-electron chi connectivity index (χ3n) is 14.7. The fourth-order valence-electron chi connectivity index (χ4n) is 10.2. The maximum Gasteiger partial charge on any atom is 0.800 e. The number of benzene rings is 6. The van der Waals surface area contributed by atoms with Crippen molar-refractivity contribution in [1.82, 2.24) is 0 Å². The lowest BCUT2D eigenvalue weighted by Gasteiger charge is -2.35. The van der Waals surface area contributed by atoms with Crippen LogP contribution in [0.2, 0.25) is 0 Å². The van der Waals surface area contributed by atoms with Gasteiger partial charge in [-0.3, -0.25) is 0 Å². The van der Waals surface area contributed by atoms with E-state index in [9.17, 15) is 14.0 Å². The summed E-state index contributed by atoms with van der Waals surface area (Å²) >= 11 is 0. The summed E-state index contributed by atoms with van der Waals surface area (Å²) in [7, 11) is -6.03. The Hall–Kier alpha value is -4.76. The van der Waals surface area contributed by atoms with Gasteiger partial charge in [-0.2, -0.15) is 0 Å². The smallest absolute Gasteiger partial charge is 0.227 e. The van der Waals surface area contributed by atoms with Crippen molar-refractivity contribution in [2.75, 3.05) is 0 Å². The molecule has 0 bridgehead atoms. The zero-order valence-corrected chi connectivity index (χ0v) is 52.1. The Morgan fingerprint density at radius 1 is 0.320 bits per heavy atom. The minimum atomic E-state index is -3.13. The van der Waals surface area contributed by atoms with Gasteiger partial charge in [0.25, 0.3) is 0 Å². The minimum absolute atomic E-state index is 0.0818. The molecule has 0 fully saturated rings. The Bertz CT molecular complexity index is 3130. The summed E-state index contributed by atoms with van der Waals surface area (Å²) in [5, 5.41) is 0. The minimum Gasteiger partial charge on any atom is -0.227 e. The van der Waals surface area contributed by atoms with Crippen LogP contribution < -0.4 is 4.52 Å². The molecule has 0 aromatic heterocycles. The topological polar surface area (TPSA) is 72.8 Å². The van der Waals surface area contributed by atoms with Gasteiger partial charge in [0.2, 0.25) is 0 Å². The van der Waals surface area contributed by atoms with Crippen LogP contribution in [0.25, 0.3) is 55.6 Å². The maximum atomic E-state index is 12.8. The van der Waals surface area contributed by atoms with Crippen molar-refractivity contribution in [3.05, 3.63) is 148 Å². The van der Waals surface area contributed by atoms with Crippen LogP contribution >= 0.6 is 16.5 Å². The first-order valence-corrected chi connectivity index (χ1v) is 29.1. The molecule has 1 N–H and O–H groups in total. The van der Waals surface area contributed by atoms with Gasteiger partial charge in [-0.1, -0.05) is 251 Å². The van der Waals surface area contributed by atoms with E-state index in [4.69, 9.17) is 4.52 Å². The molecule has 2 atom stereocenters. The van der Waals surface area contributed by atoms with Crippen LogP contribution in [0.1, 0.15) is 211 Å². The highest BCUT2D eigenvalue weighted by Gasteiger charge is 2.39. The van der Waals surface area contributed by atoms with Crippen molar-refractivity contribution in [3.8, 4) is 61.4 Å². The fourth-order valence-corrected chi connectivity index (χ4v) is 11.1. The van der Waals surface area contributed by atoms with Crippen molar-refractivity contribution in [2.45, 2.75) is 209 Å². The van der Waals surface area contributed by atoms with Crippen LogP contribution in [0.3, 0.4) is 0 Å². The quantitative estimate of drug-likeness (QED) is 0.146. The molecule has 0 amide bonds. The zero-order chi connectivity index (χ0) is 56.6. The molecule has 0 aliphatic carbocycles. The molecule has 6 rings (SSSR count). The van der Waals surface area contributed by atoms with Crippen LogP contribution in [0, 0.1) is 0 Å². The molecule has 0 saturated carbocycles. The number of hydrogen-bond donors (Lipinski definition) is 1. The third kappa shape index (κ3) is 13.3. The Morgan fingerprint density at radius 2 is 0.613 bits per heavy atom. The Kier molecular flexibility index (Phi) is 16.3. The maximum absolute atomic E-state index is 12.8. The summed E-state index contributed by atoms with van der Waals surface area (Å²) in [4.78, 5) is 9.44. The molecule has 0 aliphatic heterocycles. The second-order valence-corrected chi connectivity index (χ2v) is 31.1. The van der Waals surface area contributed by atoms with Crippen LogP contribution in [0.5, 0.6) is 5.75 Å². The standard InChI is InChI=1S/C68H89O5P2/c1-61(2,3)43-27-33-48(54(37-43)65(13,14)15)52-41-53(49-34-28-44(62(4,5)6)38-55(49)66(16,17)18)59(50-35-29-45(63(7,8)9)39-56(50)67(19,20)21)60(51-36-30-46(64(10,11)12)40-57(51)68(22,23)24)58(52)42-25-31-47(32-26-42)72-75(71)73-74(69)70/h25-41H,1-24H3/q+1/p+1. The second kappa shape index (κ2) is 20.6. The number of rotatable bonds is 9. The molecule has 0 heterocycles. The first-order valence-electron chi connectivity index (χ1n) is 26.9. The first kappa shape index (κ1) is 59.5. The summed E-state index contributed by atoms with van der Waals surface area (Å²) in [5.74, 6) is 0.257. The van der Waals surface area contributed by atoms with E-state index in [-0.39, 0.29) is 49.1 Å². The largest absolute Gasteiger partial charge is 0.800 e. The zero-order valence-electron chi connectivity index (χ0n) is 50.3. The van der Waals surface area contributed by atoms with Crippen molar-refractivity contribution < 1.29 is 22.9 Å². The van der Waals surface area contributed by atoms with Crippen LogP contribution in [0.4, 0.5) is 0 Å². The van der Waals surface area contributed by atoms with Gasteiger partial charge in [0, 0.05) is 9.13 Å².